The Hall–Kier alpha value is -4.30. The molecule has 0 heterocycles. The molecule has 0 aliphatic carbocycles. The molecule has 172 valence electrons. The van der Waals surface area contributed by atoms with Crippen LogP contribution >= 0.6 is 0 Å². The Balaban J connectivity index is 1.66. The maximum Gasteiger partial charge on any atom is 0.412 e. The fraction of sp³-hybridized carbons (Fsp3) is 0.172. The van der Waals surface area contributed by atoms with Crippen LogP contribution in [0.5, 0.6) is 5.75 Å². The van der Waals surface area contributed by atoms with E-state index >= 15 is 0 Å². The SMILES string of the molecule is COc1cc(/C=C/c2ccc(C#N)cc2)ccc1/C=C/c1ccc(NC(=O)OC(C)(C)C)cc1. The number of nitrogens with zero attached hydrogens (tertiary/aromatic N) is 1. The first-order valence-corrected chi connectivity index (χ1v) is 10.9. The average molecular weight is 453 g/mol. The molecular formula is C29H28N2O3. The Morgan fingerprint density at radius 2 is 1.41 bits per heavy atom. The second kappa shape index (κ2) is 11.0. The molecule has 0 bridgehead atoms. The van der Waals surface area contributed by atoms with Crippen molar-refractivity contribution in [1.29, 1.82) is 5.26 Å². The lowest BCUT2D eigenvalue weighted by Gasteiger charge is -2.19. The monoisotopic (exact) mass is 452 g/mol. The summed E-state index contributed by atoms with van der Waals surface area (Å²) in [5.74, 6) is 0.765. The van der Waals surface area contributed by atoms with Gasteiger partial charge in [-0.3, -0.25) is 5.32 Å². The number of rotatable bonds is 6. The number of hydrogen-bond donors (Lipinski definition) is 1. The highest BCUT2D eigenvalue weighted by Crippen LogP contribution is 2.24. The van der Waals surface area contributed by atoms with E-state index in [1.165, 1.54) is 0 Å². The number of nitrogens with one attached hydrogen (secondary N) is 1. The van der Waals surface area contributed by atoms with Gasteiger partial charge in [-0.1, -0.05) is 60.7 Å². The molecule has 0 radical (unpaired) electrons. The van der Waals surface area contributed by atoms with Gasteiger partial charge < -0.3 is 9.47 Å². The quantitative estimate of drug-likeness (QED) is 0.400. The Labute approximate surface area is 201 Å². The number of methoxy groups -OCH3 is 1. The molecular weight excluding hydrogens is 424 g/mol. The van der Waals surface area contributed by atoms with E-state index in [1.54, 1.807) is 19.2 Å². The van der Waals surface area contributed by atoms with E-state index in [2.05, 4.69) is 11.4 Å². The summed E-state index contributed by atoms with van der Waals surface area (Å²) in [5, 5.41) is 11.6. The highest BCUT2D eigenvalue weighted by atomic mass is 16.6. The predicted molar refractivity (Wildman–Crippen MR) is 138 cm³/mol. The maximum absolute atomic E-state index is 11.9. The molecule has 0 saturated carbocycles. The minimum Gasteiger partial charge on any atom is -0.496 e. The van der Waals surface area contributed by atoms with E-state index in [0.29, 0.717) is 11.3 Å². The van der Waals surface area contributed by atoms with Gasteiger partial charge in [0.2, 0.25) is 0 Å². The van der Waals surface area contributed by atoms with Gasteiger partial charge in [0, 0.05) is 11.3 Å². The molecule has 1 N–H and O–H groups in total. The first-order valence-electron chi connectivity index (χ1n) is 10.9. The molecule has 5 heteroatoms. The minimum absolute atomic E-state index is 0.478. The van der Waals surface area contributed by atoms with Crippen molar-refractivity contribution in [3.63, 3.8) is 0 Å². The van der Waals surface area contributed by atoms with Crippen molar-refractivity contribution in [2.45, 2.75) is 26.4 Å². The summed E-state index contributed by atoms with van der Waals surface area (Å²) in [6.07, 6.45) is 7.50. The minimum atomic E-state index is -0.541. The maximum atomic E-state index is 11.9. The third kappa shape index (κ3) is 7.39. The van der Waals surface area contributed by atoms with Gasteiger partial charge in [-0.05, 0) is 67.8 Å². The van der Waals surface area contributed by atoms with E-state index < -0.39 is 11.7 Å². The number of nitriles is 1. The summed E-state index contributed by atoms with van der Waals surface area (Å²) in [4.78, 5) is 11.9. The normalized spacial score (nSPS) is 11.4. The van der Waals surface area contributed by atoms with Crippen molar-refractivity contribution in [2.75, 3.05) is 12.4 Å². The lowest BCUT2D eigenvalue weighted by atomic mass is 10.1. The fourth-order valence-electron chi connectivity index (χ4n) is 3.12. The number of amides is 1. The summed E-state index contributed by atoms with van der Waals surface area (Å²) in [6.45, 7) is 5.48. The van der Waals surface area contributed by atoms with Crippen LogP contribution < -0.4 is 10.1 Å². The first-order chi connectivity index (χ1) is 16.3. The van der Waals surface area contributed by atoms with Crippen LogP contribution in [-0.4, -0.2) is 18.8 Å². The second-order valence-corrected chi connectivity index (χ2v) is 8.65. The van der Waals surface area contributed by atoms with Gasteiger partial charge in [-0.25, -0.2) is 4.79 Å². The summed E-state index contributed by atoms with van der Waals surface area (Å²) in [5.41, 5.74) is 4.74. The molecule has 3 aromatic carbocycles. The molecule has 0 spiro atoms. The van der Waals surface area contributed by atoms with Gasteiger partial charge in [0.15, 0.2) is 0 Å². The van der Waals surface area contributed by atoms with Crippen molar-refractivity contribution in [1.82, 2.24) is 0 Å². The summed E-state index contributed by atoms with van der Waals surface area (Å²) < 4.78 is 10.8. The third-order valence-corrected chi connectivity index (χ3v) is 4.78. The van der Waals surface area contributed by atoms with Crippen LogP contribution in [0.25, 0.3) is 24.3 Å². The number of hydrogen-bond acceptors (Lipinski definition) is 4. The van der Waals surface area contributed by atoms with Gasteiger partial charge in [0.25, 0.3) is 0 Å². The molecule has 0 atom stereocenters. The molecule has 3 aromatic rings. The number of carbonyl (C=O) groups is 1. The standard InChI is InChI=1S/C29H28N2O3/c1-29(2,3)34-28(32)31-26-17-13-22(14-18-26)11-15-25-16-12-23(19-27(25)33-4)8-5-21-6-9-24(20-30)10-7-21/h5-19H,1-4H3,(H,31,32)/b8-5+,15-11+. The smallest absolute Gasteiger partial charge is 0.412 e. The molecule has 0 aliphatic rings. The zero-order chi connectivity index (χ0) is 24.6. The highest BCUT2D eigenvalue weighted by Gasteiger charge is 2.16. The summed E-state index contributed by atoms with van der Waals surface area (Å²) in [7, 11) is 1.65. The zero-order valence-corrected chi connectivity index (χ0v) is 19.8. The fourth-order valence-corrected chi connectivity index (χ4v) is 3.12. The summed E-state index contributed by atoms with van der Waals surface area (Å²) >= 11 is 0. The van der Waals surface area contributed by atoms with Gasteiger partial charge in [-0.15, -0.1) is 0 Å². The van der Waals surface area contributed by atoms with Gasteiger partial charge in [0.1, 0.15) is 11.4 Å². The van der Waals surface area contributed by atoms with Crippen molar-refractivity contribution in [3.8, 4) is 11.8 Å². The van der Waals surface area contributed by atoms with E-state index in [1.807, 2.05) is 99.7 Å². The topological polar surface area (TPSA) is 71.3 Å². The Morgan fingerprint density at radius 1 is 0.853 bits per heavy atom. The molecule has 0 unspecified atom stereocenters. The van der Waals surface area contributed by atoms with E-state index in [0.717, 1.165) is 28.0 Å². The van der Waals surface area contributed by atoms with Crippen LogP contribution in [0.3, 0.4) is 0 Å². The van der Waals surface area contributed by atoms with E-state index in [-0.39, 0.29) is 0 Å². The lowest BCUT2D eigenvalue weighted by molar-refractivity contribution is 0.0636. The first kappa shape index (κ1) is 24.3. The molecule has 5 nitrogen and oxygen atoms in total. The molecule has 0 aliphatic heterocycles. The zero-order valence-electron chi connectivity index (χ0n) is 19.8. The molecule has 0 saturated heterocycles. The van der Waals surface area contributed by atoms with Crippen molar-refractivity contribution < 1.29 is 14.3 Å². The van der Waals surface area contributed by atoms with Gasteiger partial charge in [-0.2, -0.15) is 5.26 Å². The van der Waals surface area contributed by atoms with Crippen LogP contribution in [0.1, 0.15) is 48.6 Å². The van der Waals surface area contributed by atoms with Crippen LogP contribution in [0.4, 0.5) is 10.5 Å². The van der Waals surface area contributed by atoms with Crippen LogP contribution in [-0.2, 0) is 4.74 Å². The Morgan fingerprint density at radius 3 is 2.00 bits per heavy atom. The number of carbonyl (C=O) groups excluding carboxylic acids is 1. The lowest BCUT2D eigenvalue weighted by Crippen LogP contribution is -2.27. The highest BCUT2D eigenvalue weighted by molar-refractivity contribution is 5.85. The largest absolute Gasteiger partial charge is 0.496 e. The van der Waals surface area contributed by atoms with Crippen LogP contribution in [0.2, 0.25) is 0 Å². The average Bonchev–Trinajstić information content (AvgIpc) is 2.81. The Kier molecular flexibility index (Phi) is 7.89. The molecule has 1 amide bonds. The van der Waals surface area contributed by atoms with Crippen molar-refractivity contribution in [2.24, 2.45) is 0 Å². The molecule has 34 heavy (non-hydrogen) atoms. The molecule has 0 aromatic heterocycles. The summed E-state index contributed by atoms with van der Waals surface area (Å²) in [6, 6.07) is 23.1. The predicted octanol–water partition coefficient (Wildman–Crippen LogP) is 7.25. The third-order valence-electron chi connectivity index (χ3n) is 4.78. The molecule has 0 fully saturated rings. The van der Waals surface area contributed by atoms with Gasteiger partial charge >= 0.3 is 6.09 Å². The van der Waals surface area contributed by atoms with Gasteiger partial charge in [0.05, 0.1) is 18.7 Å². The van der Waals surface area contributed by atoms with Crippen LogP contribution in [0.15, 0.2) is 66.7 Å². The van der Waals surface area contributed by atoms with E-state index in [4.69, 9.17) is 14.7 Å². The van der Waals surface area contributed by atoms with Crippen molar-refractivity contribution >= 4 is 36.1 Å². The van der Waals surface area contributed by atoms with Crippen molar-refractivity contribution in [3.05, 3.63) is 94.5 Å². The molecule has 3 rings (SSSR count). The number of benzene rings is 3. The number of anilines is 1. The number of ether oxygens (including phenoxy) is 2. The second-order valence-electron chi connectivity index (χ2n) is 8.65. The van der Waals surface area contributed by atoms with Crippen LogP contribution in [0, 0.1) is 11.3 Å². The Bertz CT molecular complexity index is 1230. The van der Waals surface area contributed by atoms with E-state index in [9.17, 15) is 4.79 Å².